The van der Waals surface area contributed by atoms with Crippen LogP contribution in [0.5, 0.6) is 0 Å². The van der Waals surface area contributed by atoms with Gasteiger partial charge in [-0.1, -0.05) is 42.0 Å². The van der Waals surface area contributed by atoms with Gasteiger partial charge in [0.05, 0.1) is 5.56 Å². The molecule has 0 bridgehead atoms. The Hall–Kier alpha value is -4.04. The number of aryl methyl sites for hydroxylation is 1. The number of benzene rings is 2. The van der Waals surface area contributed by atoms with Crippen LogP contribution in [0.1, 0.15) is 80.9 Å². The van der Waals surface area contributed by atoms with Gasteiger partial charge >= 0.3 is 0 Å². The molecule has 8 heteroatoms. The van der Waals surface area contributed by atoms with Crippen LogP contribution in [0.3, 0.4) is 0 Å². The van der Waals surface area contributed by atoms with E-state index < -0.39 is 0 Å². The molecule has 0 radical (unpaired) electrons. The summed E-state index contributed by atoms with van der Waals surface area (Å²) in [7, 11) is 0. The highest BCUT2D eigenvalue weighted by Gasteiger charge is 2.29. The fourth-order valence-electron chi connectivity index (χ4n) is 6.66. The van der Waals surface area contributed by atoms with Gasteiger partial charge in [0.15, 0.2) is 5.78 Å². The van der Waals surface area contributed by atoms with Gasteiger partial charge in [-0.15, -0.1) is 0 Å². The number of amides is 2. The molecule has 2 aromatic carbocycles. The number of ketones is 1. The molecule has 0 aliphatic carbocycles. The number of pyridine rings is 1. The number of carbonyl (C=O) groups is 3. The third-order valence-electron chi connectivity index (χ3n) is 9.47. The van der Waals surface area contributed by atoms with E-state index in [1.54, 1.807) is 17.0 Å². The zero-order chi connectivity index (χ0) is 30.5. The molecule has 3 saturated heterocycles. The van der Waals surface area contributed by atoms with E-state index >= 15 is 0 Å². The second-order valence-electron chi connectivity index (χ2n) is 12.6. The van der Waals surface area contributed by atoms with Gasteiger partial charge in [0.25, 0.3) is 11.8 Å². The average Bonchev–Trinajstić information content (AvgIpc) is 3.61. The highest BCUT2D eigenvalue weighted by Crippen LogP contribution is 2.24. The fraction of sp³-hybridized carbons (Fsp3) is 0.444. The fourth-order valence-corrected chi connectivity index (χ4v) is 6.66. The highest BCUT2D eigenvalue weighted by molar-refractivity contribution is 5.98. The Bertz CT molecular complexity index is 1430. The maximum atomic E-state index is 13.1. The molecule has 1 aromatic heterocycles. The molecule has 3 aromatic rings. The molecule has 4 heterocycles. The predicted molar refractivity (Wildman–Crippen MR) is 172 cm³/mol. The summed E-state index contributed by atoms with van der Waals surface area (Å²) in [6, 6.07) is 20.1. The number of hydrogen-bond donors (Lipinski definition) is 1. The molecular formula is C36H43N5O3. The lowest BCUT2D eigenvalue weighted by Gasteiger charge is -2.32. The number of likely N-dealkylation sites (tertiary alicyclic amines) is 2. The van der Waals surface area contributed by atoms with Crippen molar-refractivity contribution in [2.75, 3.05) is 44.2 Å². The van der Waals surface area contributed by atoms with Crippen molar-refractivity contribution < 1.29 is 14.4 Å². The van der Waals surface area contributed by atoms with Gasteiger partial charge in [0.1, 0.15) is 5.69 Å². The normalized spacial score (nSPS) is 18.4. The van der Waals surface area contributed by atoms with E-state index in [1.807, 2.05) is 31.2 Å². The van der Waals surface area contributed by atoms with Crippen LogP contribution >= 0.6 is 0 Å². The van der Waals surface area contributed by atoms with Gasteiger partial charge in [0, 0.05) is 75.2 Å². The maximum Gasteiger partial charge on any atom is 0.272 e. The zero-order valence-electron chi connectivity index (χ0n) is 25.7. The molecule has 6 rings (SSSR count). The molecule has 0 atom stereocenters. The van der Waals surface area contributed by atoms with Crippen LogP contribution in [0.15, 0.2) is 66.9 Å². The van der Waals surface area contributed by atoms with Gasteiger partial charge in [0.2, 0.25) is 0 Å². The molecule has 0 spiro atoms. The van der Waals surface area contributed by atoms with Gasteiger partial charge in [-0.05, 0) is 75.3 Å². The van der Waals surface area contributed by atoms with Crippen LogP contribution in [0.2, 0.25) is 0 Å². The van der Waals surface area contributed by atoms with Crippen molar-refractivity contribution >= 4 is 23.3 Å². The number of rotatable bonds is 8. The summed E-state index contributed by atoms with van der Waals surface area (Å²) < 4.78 is 0. The summed E-state index contributed by atoms with van der Waals surface area (Å²) in [5, 5.41) is 3.16. The molecular weight excluding hydrogens is 550 g/mol. The van der Waals surface area contributed by atoms with Crippen molar-refractivity contribution in [2.45, 2.75) is 58.0 Å². The Morgan fingerprint density at radius 3 is 2.07 bits per heavy atom. The van der Waals surface area contributed by atoms with Gasteiger partial charge in [-0.25, -0.2) is 0 Å². The number of anilines is 1. The molecule has 8 nitrogen and oxygen atoms in total. The smallest absolute Gasteiger partial charge is 0.272 e. The third kappa shape index (κ3) is 7.18. The monoisotopic (exact) mass is 593 g/mol. The van der Waals surface area contributed by atoms with Gasteiger partial charge in [-0.2, -0.15) is 0 Å². The summed E-state index contributed by atoms with van der Waals surface area (Å²) in [4.78, 5) is 49.9. The van der Waals surface area contributed by atoms with E-state index in [0.29, 0.717) is 37.2 Å². The second-order valence-corrected chi connectivity index (χ2v) is 12.6. The first kappa shape index (κ1) is 30.0. The number of Topliss-reactive ketones (excluding diaryl/α,β-unsaturated/α-hetero) is 1. The van der Waals surface area contributed by atoms with Crippen LogP contribution in [0.4, 0.5) is 5.69 Å². The predicted octanol–water partition coefficient (Wildman–Crippen LogP) is 5.12. The number of aromatic nitrogens is 1. The minimum absolute atomic E-state index is 0.0705. The van der Waals surface area contributed by atoms with E-state index in [-0.39, 0.29) is 29.6 Å². The number of piperidine rings is 2. The van der Waals surface area contributed by atoms with Gasteiger partial charge in [-0.3, -0.25) is 24.3 Å². The molecule has 3 aliphatic heterocycles. The van der Waals surface area contributed by atoms with E-state index in [0.717, 1.165) is 56.7 Å². The van der Waals surface area contributed by atoms with Crippen molar-refractivity contribution in [2.24, 2.45) is 5.92 Å². The van der Waals surface area contributed by atoms with E-state index in [2.05, 4.69) is 44.4 Å². The van der Waals surface area contributed by atoms with Crippen molar-refractivity contribution in [1.82, 2.24) is 20.1 Å². The Labute approximate surface area is 260 Å². The molecule has 0 saturated carbocycles. The van der Waals surface area contributed by atoms with Crippen LogP contribution in [-0.4, -0.2) is 77.7 Å². The van der Waals surface area contributed by atoms with Crippen LogP contribution < -0.4 is 10.2 Å². The maximum absolute atomic E-state index is 13.1. The number of carbonyl (C=O) groups excluding carboxylic acids is 3. The Morgan fingerprint density at radius 2 is 1.43 bits per heavy atom. The van der Waals surface area contributed by atoms with Crippen molar-refractivity contribution in [3.8, 4) is 0 Å². The Kier molecular flexibility index (Phi) is 9.36. The SMILES string of the molecule is Cc1ccc(C(=O)C2CCN(C(=O)c3ccc(C(=O)NC4CCN(Cc5ccc(N6CCCC6)cc5)CC4)cn3)CC2)cc1. The van der Waals surface area contributed by atoms with Crippen LogP contribution in [0, 0.1) is 12.8 Å². The minimum Gasteiger partial charge on any atom is -0.372 e. The summed E-state index contributed by atoms with van der Waals surface area (Å²) in [5.74, 6) is -0.225. The first-order valence-corrected chi connectivity index (χ1v) is 16.2. The second kappa shape index (κ2) is 13.7. The first-order chi connectivity index (χ1) is 21.4. The van der Waals surface area contributed by atoms with Crippen molar-refractivity contribution in [3.63, 3.8) is 0 Å². The molecule has 3 fully saturated rings. The zero-order valence-corrected chi connectivity index (χ0v) is 25.7. The molecule has 3 aliphatic rings. The summed E-state index contributed by atoms with van der Waals surface area (Å²) in [6.45, 7) is 8.19. The first-order valence-electron chi connectivity index (χ1n) is 16.2. The molecule has 2 amide bonds. The van der Waals surface area contributed by atoms with E-state index in [4.69, 9.17) is 0 Å². The topological polar surface area (TPSA) is 85.8 Å². The quantitative estimate of drug-likeness (QED) is 0.365. The lowest BCUT2D eigenvalue weighted by molar-refractivity contribution is 0.0645. The van der Waals surface area contributed by atoms with Crippen molar-refractivity contribution in [3.05, 3.63) is 94.8 Å². The van der Waals surface area contributed by atoms with Crippen LogP contribution in [0.25, 0.3) is 0 Å². The summed E-state index contributed by atoms with van der Waals surface area (Å²) >= 11 is 0. The third-order valence-corrected chi connectivity index (χ3v) is 9.47. The van der Waals surface area contributed by atoms with E-state index in [9.17, 15) is 14.4 Å². The number of nitrogens with one attached hydrogen (secondary N) is 1. The summed E-state index contributed by atoms with van der Waals surface area (Å²) in [6.07, 6.45) is 7.17. The van der Waals surface area contributed by atoms with Crippen molar-refractivity contribution in [1.29, 1.82) is 0 Å². The largest absolute Gasteiger partial charge is 0.372 e. The number of hydrogen-bond acceptors (Lipinski definition) is 6. The highest BCUT2D eigenvalue weighted by atomic mass is 16.2. The minimum atomic E-state index is -0.156. The van der Waals surface area contributed by atoms with Gasteiger partial charge < -0.3 is 15.1 Å². The number of nitrogens with zero attached hydrogens (tertiary/aromatic N) is 4. The lowest BCUT2D eigenvalue weighted by Crippen LogP contribution is -2.44. The molecule has 0 unspecified atom stereocenters. The van der Waals surface area contributed by atoms with Crippen LogP contribution in [-0.2, 0) is 6.54 Å². The molecule has 1 N–H and O–H groups in total. The van der Waals surface area contributed by atoms with E-state index in [1.165, 1.54) is 30.3 Å². The standard InChI is InChI=1S/C36H43N5O3/c1-26-4-8-28(9-5-26)34(42)29-14-22-41(23-15-29)36(44)33-13-10-30(24-37-33)35(43)38-31-16-20-39(21-17-31)25-27-6-11-32(12-7-27)40-18-2-3-19-40/h4-13,24,29,31H,2-3,14-23,25H2,1H3,(H,38,43). The Balaban J connectivity index is 0.933. The molecule has 230 valence electrons. The Morgan fingerprint density at radius 1 is 0.773 bits per heavy atom. The lowest BCUT2D eigenvalue weighted by atomic mass is 9.88. The summed E-state index contributed by atoms with van der Waals surface area (Å²) in [5.41, 5.74) is 5.31. The molecule has 44 heavy (non-hydrogen) atoms. The average molecular weight is 594 g/mol.